The third-order valence-corrected chi connectivity index (χ3v) is 6.23. The predicted octanol–water partition coefficient (Wildman–Crippen LogP) is 4.25. The normalized spacial score (nSPS) is 27.9. The van der Waals surface area contributed by atoms with Gasteiger partial charge in [0.15, 0.2) is 5.13 Å². The highest BCUT2D eigenvalue weighted by Gasteiger charge is 2.43. The molecule has 1 amide bonds. The first kappa shape index (κ1) is 12.5. The Morgan fingerprint density at radius 1 is 1.30 bits per heavy atom. The fourth-order valence-corrected chi connectivity index (χ4v) is 5.11. The molecule has 2 aromatic rings. The lowest BCUT2D eigenvalue weighted by Crippen LogP contribution is -2.27. The predicted molar refractivity (Wildman–Crippen MR) is 83.0 cm³/mol. The van der Waals surface area contributed by atoms with E-state index in [1.807, 2.05) is 16.8 Å². The fourth-order valence-electron chi connectivity index (χ4n) is 3.63. The molecule has 2 bridgehead atoms. The molecule has 0 spiro atoms. The lowest BCUT2D eigenvalue weighted by molar-refractivity contribution is -0.121. The average molecular weight is 304 g/mol. The molecule has 2 saturated carbocycles. The molecule has 2 aliphatic carbocycles. The summed E-state index contributed by atoms with van der Waals surface area (Å²) >= 11 is 3.19. The maximum absolute atomic E-state index is 12.4. The lowest BCUT2D eigenvalue weighted by Gasteiger charge is -2.19. The van der Waals surface area contributed by atoms with Gasteiger partial charge >= 0.3 is 0 Å². The Bertz CT molecular complexity index is 620. The molecule has 0 aliphatic heterocycles. The highest BCUT2D eigenvalue weighted by Crippen LogP contribution is 2.48. The van der Waals surface area contributed by atoms with Gasteiger partial charge in [-0.25, -0.2) is 4.98 Å². The number of thiophene rings is 1. The molecule has 0 radical (unpaired) electrons. The lowest BCUT2D eigenvalue weighted by atomic mass is 9.88. The van der Waals surface area contributed by atoms with Crippen LogP contribution in [0.3, 0.4) is 0 Å². The number of carbonyl (C=O) groups is 1. The topological polar surface area (TPSA) is 42.0 Å². The van der Waals surface area contributed by atoms with Crippen molar-refractivity contribution >= 4 is 33.7 Å². The Labute approximate surface area is 126 Å². The summed E-state index contributed by atoms with van der Waals surface area (Å²) in [6.07, 6.45) is 4.91. The monoisotopic (exact) mass is 304 g/mol. The first-order valence-electron chi connectivity index (χ1n) is 7.10. The second-order valence-electron chi connectivity index (χ2n) is 5.79. The summed E-state index contributed by atoms with van der Waals surface area (Å²) < 4.78 is 0. The minimum atomic E-state index is 0.185. The summed E-state index contributed by atoms with van der Waals surface area (Å²) in [5.41, 5.74) is 0.966. The number of aromatic nitrogens is 1. The number of hydrogen-bond donors (Lipinski definition) is 1. The molecule has 3 unspecified atom stereocenters. The molecule has 2 aliphatic rings. The molecule has 2 aromatic heterocycles. The van der Waals surface area contributed by atoms with Crippen molar-refractivity contribution < 1.29 is 4.79 Å². The van der Waals surface area contributed by atoms with Gasteiger partial charge in [-0.15, -0.1) is 22.7 Å². The molecule has 0 aromatic carbocycles. The molecular formula is C15H16N2OS2. The van der Waals surface area contributed by atoms with Crippen molar-refractivity contribution in [1.29, 1.82) is 0 Å². The maximum Gasteiger partial charge on any atom is 0.229 e. The van der Waals surface area contributed by atoms with E-state index in [1.165, 1.54) is 30.6 Å². The highest BCUT2D eigenvalue weighted by molar-refractivity contribution is 7.16. The van der Waals surface area contributed by atoms with E-state index in [0.717, 1.165) is 28.0 Å². The fraction of sp³-hybridized carbons (Fsp3) is 0.467. The van der Waals surface area contributed by atoms with Gasteiger partial charge in [0.25, 0.3) is 0 Å². The quantitative estimate of drug-likeness (QED) is 0.921. The zero-order valence-corrected chi connectivity index (χ0v) is 12.7. The van der Waals surface area contributed by atoms with Crippen molar-refractivity contribution in [3.8, 4) is 10.6 Å². The molecule has 0 saturated heterocycles. The molecule has 4 rings (SSSR count). The van der Waals surface area contributed by atoms with E-state index < -0.39 is 0 Å². The largest absolute Gasteiger partial charge is 0.302 e. The number of thiazole rings is 1. The molecular weight excluding hydrogens is 288 g/mol. The van der Waals surface area contributed by atoms with Gasteiger partial charge in [-0.3, -0.25) is 4.79 Å². The zero-order valence-electron chi connectivity index (χ0n) is 11.0. The number of hydrogen-bond acceptors (Lipinski definition) is 4. The van der Waals surface area contributed by atoms with Crippen LogP contribution in [0, 0.1) is 17.8 Å². The number of fused-ring (bicyclic) bond motifs is 2. The Morgan fingerprint density at radius 3 is 2.95 bits per heavy atom. The summed E-state index contributed by atoms with van der Waals surface area (Å²) in [6, 6.07) is 4.08. The number of rotatable bonds is 3. The van der Waals surface area contributed by atoms with Gasteiger partial charge in [0.05, 0.1) is 10.6 Å². The van der Waals surface area contributed by atoms with Crippen LogP contribution in [0.15, 0.2) is 22.9 Å². The molecule has 1 N–H and O–H groups in total. The van der Waals surface area contributed by atoms with E-state index >= 15 is 0 Å². The van der Waals surface area contributed by atoms with E-state index in [1.54, 1.807) is 11.3 Å². The van der Waals surface area contributed by atoms with E-state index in [-0.39, 0.29) is 11.8 Å². The molecule has 5 heteroatoms. The second kappa shape index (κ2) is 4.97. The van der Waals surface area contributed by atoms with Crippen LogP contribution < -0.4 is 5.32 Å². The summed E-state index contributed by atoms with van der Waals surface area (Å²) in [5.74, 6) is 1.83. The van der Waals surface area contributed by atoms with E-state index in [0.29, 0.717) is 5.92 Å². The third kappa shape index (κ3) is 2.19. The minimum Gasteiger partial charge on any atom is -0.302 e. The van der Waals surface area contributed by atoms with Gasteiger partial charge in [-0.1, -0.05) is 12.5 Å². The van der Waals surface area contributed by atoms with Gasteiger partial charge in [0.1, 0.15) is 0 Å². The number of nitrogens with one attached hydrogen (secondary N) is 1. The third-order valence-electron chi connectivity index (χ3n) is 4.58. The molecule has 3 nitrogen and oxygen atoms in total. The number of carbonyl (C=O) groups excluding carboxylic acids is 1. The summed E-state index contributed by atoms with van der Waals surface area (Å²) in [6.45, 7) is 0. The van der Waals surface area contributed by atoms with Crippen molar-refractivity contribution in [3.05, 3.63) is 22.9 Å². The molecule has 2 fully saturated rings. The summed E-state index contributed by atoms with van der Waals surface area (Å²) in [7, 11) is 0. The second-order valence-corrected chi connectivity index (χ2v) is 7.59. The number of amides is 1. The van der Waals surface area contributed by atoms with Crippen LogP contribution in [0.2, 0.25) is 0 Å². The van der Waals surface area contributed by atoms with Crippen LogP contribution in [0.1, 0.15) is 25.7 Å². The average Bonchev–Trinajstić information content (AvgIpc) is 3.22. The van der Waals surface area contributed by atoms with Crippen molar-refractivity contribution in [2.45, 2.75) is 25.7 Å². The van der Waals surface area contributed by atoms with Gasteiger partial charge < -0.3 is 5.32 Å². The Morgan fingerprint density at radius 2 is 2.25 bits per heavy atom. The minimum absolute atomic E-state index is 0.185. The van der Waals surface area contributed by atoms with Crippen LogP contribution in [0.5, 0.6) is 0 Å². The van der Waals surface area contributed by atoms with Gasteiger partial charge in [0, 0.05) is 11.3 Å². The van der Waals surface area contributed by atoms with Crippen LogP contribution >= 0.6 is 22.7 Å². The van der Waals surface area contributed by atoms with Crippen molar-refractivity contribution in [3.63, 3.8) is 0 Å². The van der Waals surface area contributed by atoms with Crippen LogP contribution in [-0.2, 0) is 4.79 Å². The van der Waals surface area contributed by atoms with Crippen molar-refractivity contribution in [2.24, 2.45) is 17.8 Å². The Kier molecular flexibility index (Phi) is 3.11. The van der Waals surface area contributed by atoms with Crippen molar-refractivity contribution in [2.75, 3.05) is 5.32 Å². The summed E-state index contributed by atoms with van der Waals surface area (Å²) in [5, 5.41) is 7.82. The number of anilines is 1. The van der Waals surface area contributed by atoms with Crippen LogP contribution in [0.4, 0.5) is 5.13 Å². The van der Waals surface area contributed by atoms with Crippen LogP contribution in [0.25, 0.3) is 10.6 Å². The van der Waals surface area contributed by atoms with Gasteiger partial charge in [0.2, 0.25) is 5.91 Å². The molecule has 3 atom stereocenters. The Balaban J connectivity index is 1.45. The van der Waals surface area contributed by atoms with E-state index in [4.69, 9.17) is 0 Å². The summed E-state index contributed by atoms with van der Waals surface area (Å²) in [4.78, 5) is 18.0. The van der Waals surface area contributed by atoms with Gasteiger partial charge in [-0.2, -0.15) is 0 Å². The molecule has 104 valence electrons. The van der Waals surface area contributed by atoms with Crippen molar-refractivity contribution in [1.82, 2.24) is 4.98 Å². The standard InChI is InChI=1S/C15H16N2OS2/c18-14(11-7-9-3-4-10(11)6-9)17-15-16-12(8-20-15)13-2-1-5-19-13/h1-2,5,8-11H,3-4,6-7H2,(H,16,17,18). The SMILES string of the molecule is O=C(Nc1nc(-c2cccs2)cs1)C1CC2CCC1C2. The highest BCUT2D eigenvalue weighted by atomic mass is 32.1. The van der Waals surface area contributed by atoms with E-state index in [9.17, 15) is 4.79 Å². The smallest absolute Gasteiger partial charge is 0.229 e. The molecule has 20 heavy (non-hydrogen) atoms. The van der Waals surface area contributed by atoms with Gasteiger partial charge in [-0.05, 0) is 42.5 Å². The zero-order chi connectivity index (χ0) is 13.5. The molecule has 2 heterocycles. The first-order chi connectivity index (χ1) is 9.79. The van der Waals surface area contributed by atoms with Crippen LogP contribution in [-0.4, -0.2) is 10.9 Å². The first-order valence-corrected chi connectivity index (χ1v) is 8.86. The number of nitrogens with zero attached hydrogens (tertiary/aromatic N) is 1. The van der Waals surface area contributed by atoms with E-state index in [2.05, 4.69) is 16.4 Å². The maximum atomic E-state index is 12.4. The Hall–Kier alpha value is -1.20.